The number of alkyl halides is 3. The van der Waals surface area contributed by atoms with Crippen molar-refractivity contribution in [1.29, 1.82) is 0 Å². The quantitative estimate of drug-likeness (QED) is 0.890. The number of halogens is 3. The number of benzene rings is 1. The first kappa shape index (κ1) is 18.3. The van der Waals surface area contributed by atoms with Crippen LogP contribution in [0.5, 0.6) is 0 Å². The summed E-state index contributed by atoms with van der Waals surface area (Å²) in [5, 5.41) is 8.78. The molecule has 2 rings (SSSR count). The fourth-order valence-electron chi connectivity index (χ4n) is 2.50. The summed E-state index contributed by atoms with van der Waals surface area (Å²) in [6, 6.07) is 6.01. The van der Waals surface area contributed by atoms with Crippen LogP contribution in [0.2, 0.25) is 0 Å². The maximum absolute atomic E-state index is 12.4. The molecule has 5 nitrogen and oxygen atoms in total. The van der Waals surface area contributed by atoms with Crippen molar-refractivity contribution in [2.24, 2.45) is 0 Å². The maximum atomic E-state index is 12.4. The number of carbonyl (C=O) groups excluding carboxylic acids is 1. The average Bonchev–Trinajstić information content (AvgIpc) is 2.52. The van der Waals surface area contributed by atoms with Gasteiger partial charge in [-0.05, 0) is 24.1 Å². The summed E-state index contributed by atoms with van der Waals surface area (Å²) in [6.45, 7) is 0.791. The van der Waals surface area contributed by atoms with Crippen LogP contribution in [-0.2, 0) is 16.0 Å². The van der Waals surface area contributed by atoms with E-state index in [1.165, 1.54) is 29.2 Å². The summed E-state index contributed by atoms with van der Waals surface area (Å²) in [7, 11) is 0. The van der Waals surface area contributed by atoms with Crippen LogP contribution < -0.4 is 0 Å². The molecule has 0 radical (unpaired) electrons. The Hall–Kier alpha value is -2.09. The minimum atomic E-state index is -4.21. The van der Waals surface area contributed by atoms with E-state index in [1.807, 2.05) is 0 Å². The molecule has 0 spiro atoms. The SMILES string of the molecule is O=C(O)CC1CN(C(=O)c2ccc(CCC(F)(F)F)cc2)CCO1. The average molecular weight is 345 g/mol. The molecule has 1 atom stereocenters. The normalized spacial score (nSPS) is 18.5. The molecule has 1 amide bonds. The summed E-state index contributed by atoms with van der Waals surface area (Å²) in [5.41, 5.74) is 0.872. The zero-order valence-corrected chi connectivity index (χ0v) is 12.9. The molecule has 0 bridgehead atoms. The number of aliphatic carboxylic acids is 1. The molecule has 1 aliphatic rings. The molecule has 132 valence electrons. The van der Waals surface area contributed by atoms with Crippen LogP contribution in [0.3, 0.4) is 0 Å². The molecule has 1 N–H and O–H groups in total. The van der Waals surface area contributed by atoms with Crippen molar-refractivity contribution < 1.29 is 32.6 Å². The number of rotatable bonds is 5. The van der Waals surface area contributed by atoms with Gasteiger partial charge in [0.1, 0.15) is 0 Å². The van der Waals surface area contributed by atoms with Gasteiger partial charge in [-0.1, -0.05) is 12.1 Å². The number of hydrogen-bond donors (Lipinski definition) is 1. The van der Waals surface area contributed by atoms with Gasteiger partial charge >= 0.3 is 12.1 Å². The Morgan fingerprint density at radius 2 is 1.92 bits per heavy atom. The highest BCUT2D eigenvalue weighted by Gasteiger charge is 2.27. The van der Waals surface area contributed by atoms with Crippen LogP contribution >= 0.6 is 0 Å². The van der Waals surface area contributed by atoms with E-state index in [4.69, 9.17) is 9.84 Å². The number of aryl methyl sites for hydroxylation is 1. The number of nitrogens with zero attached hydrogens (tertiary/aromatic N) is 1. The fraction of sp³-hybridized carbons (Fsp3) is 0.500. The number of carboxylic acid groups (broad SMARTS) is 1. The third kappa shape index (κ3) is 5.52. The first-order valence-electron chi connectivity index (χ1n) is 7.53. The minimum absolute atomic E-state index is 0.129. The van der Waals surface area contributed by atoms with Crippen LogP contribution in [0.1, 0.15) is 28.8 Å². The first-order valence-corrected chi connectivity index (χ1v) is 7.53. The van der Waals surface area contributed by atoms with E-state index in [-0.39, 0.29) is 31.9 Å². The second-order valence-corrected chi connectivity index (χ2v) is 5.65. The highest BCUT2D eigenvalue weighted by atomic mass is 19.4. The molecule has 1 fully saturated rings. The molecule has 24 heavy (non-hydrogen) atoms. The third-order valence-corrected chi connectivity index (χ3v) is 3.73. The lowest BCUT2D eigenvalue weighted by Crippen LogP contribution is -2.46. The van der Waals surface area contributed by atoms with Gasteiger partial charge in [0.05, 0.1) is 19.1 Å². The Morgan fingerprint density at radius 1 is 1.25 bits per heavy atom. The Bertz CT molecular complexity index is 586. The largest absolute Gasteiger partial charge is 0.481 e. The molecule has 1 aliphatic heterocycles. The summed E-state index contributed by atoms with van der Waals surface area (Å²) in [6.07, 6.45) is -5.97. The molecule has 1 aromatic rings. The second kappa shape index (κ2) is 7.65. The van der Waals surface area contributed by atoms with Gasteiger partial charge in [-0.15, -0.1) is 0 Å². The Labute approximate surface area is 137 Å². The topological polar surface area (TPSA) is 66.8 Å². The standard InChI is InChI=1S/C16H18F3NO4/c17-16(18,19)6-5-11-1-3-12(4-2-11)15(23)20-7-8-24-13(10-20)9-14(21)22/h1-4,13H,5-10H2,(H,21,22). The van der Waals surface area contributed by atoms with Crippen molar-refractivity contribution in [3.63, 3.8) is 0 Å². The molecular weight excluding hydrogens is 327 g/mol. The molecule has 0 saturated carbocycles. The van der Waals surface area contributed by atoms with E-state index in [9.17, 15) is 22.8 Å². The van der Waals surface area contributed by atoms with Gasteiger partial charge in [0.15, 0.2) is 0 Å². The number of carboxylic acids is 1. The summed E-state index contributed by atoms with van der Waals surface area (Å²) in [4.78, 5) is 24.6. The van der Waals surface area contributed by atoms with Gasteiger partial charge in [-0.25, -0.2) is 0 Å². The molecule has 1 aromatic carbocycles. The third-order valence-electron chi connectivity index (χ3n) is 3.73. The van der Waals surface area contributed by atoms with E-state index in [0.717, 1.165) is 0 Å². The van der Waals surface area contributed by atoms with E-state index in [1.54, 1.807) is 0 Å². The molecule has 0 aromatic heterocycles. The van der Waals surface area contributed by atoms with Crippen molar-refractivity contribution in [3.05, 3.63) is 35.4 Å². The van der Waals surface area contributed by atoms with E-state index < -0.39 is 24.7 Å². The van der Waals surface area contributed by atoms with Crippen LogP contribution in [0, 0.1) is 0 Å². The molecular formula is C16H18F3NO4. The Kier molecular flexibility index (Phi) is 5.82. The molecule has 1 heterocycles. The van der Waals surface area contributed by atoms with Gasteiger partial charge < -0.3 is 14.7 Å². The highest BCUT2D eigenvalue weighted by Crippen LogP contribution is 2.22. The van der Waals surface area contributed by atoms with Crippen LogP contribution in [-0.4, -0.2) is 53.9 Å². The molecule has 1 saturated heterocycles. The van der Waals surface area contributed by atoms with Gasteiger partial charge in [0, 0.05) is 25.1 Å². The van der Waals surface area contributed by atoms with Gasteiger partial charge in [0.25, 0.3) is 5.91 Å². The predicted octanol–water partition coefficient (Wildman–Crippen LogP) is 2.50. The number of morpholine rings is 1. The minimum Gasteiger partial charge on any atom is -0.481 e. The smallest absolute Gasteiger partial charge is 0.389 e. The lowest BCUT2D eigenvalue weighted by atomic mass is 10.1. The van der Waals surface area contributed by atoms with Crippen molar-refractivity contribution >= 4 is 11.9 Å². The van der Waals surface area contributed by atoms with Crippen molar-refractivity contribution in [3.8, 4) is 0 Å². The Balaban J connectivity index is 1.95. The second-order valence-electron chi connectivity index (χ2n) is 5.65. The van der Waals surface area contributed by atoms with Crippen LogP contribution in [0.15, 0.2) is 24.3 Å². The maximum Gasteiger partial charge on any atom is 0.389 e. The van der Waals surface area contributed by atoms with Crippen LogP contribution in [0.25, 0.3) is 0 Å². The van der Waals surface area contributed by atoms with E-state index >= 15 is 0 Å². The number of amides is 1. The molecule has 1 unspecified atom stereocenters. The van der Waals surface area contributed by atoms with Gasteiger partial charge in [0.2, 0.25) is 0 Å². The van der Waals surface area contributed by atoms with Crippen LogP contribution in [0.4, 0.5) is 13.2 Å². The van der Waals surface area contributed by atoms with Gasteiger partial charge in [-0.3, -0.25) is 9.59 Å². The van der Waals surface area contributed by atoms with E-state index in [0.29, 0.717) is 17.7 Å². The fourth-order valence-corrected chi connectivity index (χ4v) is 2.50. The van der Waals surface area contributed by atoms with Gasteiger partial charge in [-0.2, -0.15) is 13.2 Å². The lowest BCUT2D eigenvalue weighted by Gasteiger charge is -2.32. The number of carbonyl (C=O) groups is 2. The predicted molar refractivity (Wildman–Crippen MR) is 78.7 cm³/mol. The highest BCUT2D eigenvalue weighted by molar-refractivity contribution is 5.94. The van der Waals surface area contributed by atoms with Crippen molar-refractivity contribution in [2.75, 3.05) is 19.7 Å². The summed E-state index contributed by atoms with van der Waals surface area (Å²) >= 11 is 0. The lowest BCUT2D eigenvalue weighted by molar-refractivity contribution is -0.141. The molecule has 8 heteroatoms. The Morgan fingerprint density at radius 3 is 2.50 bits per heavy atom. The molecule has 0 aliphatic carbocycles. The van der Waals surface area contributed by atoms with Crippen molar-refractivity contribution in [1.82, 2.24) is 4.90 Å². The zero-order valence-electron chi connectivity index (χ0n) is 12.9. The first-order chi connectivity index (χ1) is 11.2. The summed E-state index contributed by atoms with van der Waals surface area (Å²) in [5.74, 6) is -1.28. The number of hydrogen-bond acceptors (Lipinski definition) is 3. The number of ether oxygens (including phenoxy) is 1. The van der Waals surface area contributed by atoms with Crippen molar-refractivity contribution in [2.45, 2.75) is 31.5 Å². The van der Waals surface area contributed by atoms with E-state index in [2.05, 4.69) is 0 Å². The monoisotopic (exact) mass is 345 g/mol. The zero-order chi connectivity index (χ0) is 17.7. The summed E-state index contributed by atoms with van der Waals surface area (Å²) < 4.78 is 41.9.